The van der Waals surface area contributed by atoms with Gasteiger partial charge < -0.3 is 25.6 Å². The first-order chi connectivity index (χ1) is 12.5. The zero-order valence-electron chi connectivity index (χ0n) is 14.2. The Balaban J connectivity index is 1.80. The highest BCUT2D eigenvalue weighted by molar-refractivity contribution is 6.35. The lowest BCUT2D eigenvalue weighted by atomic mass is 10.0. The molecule has 2 aromatic heterocycles. The van der Waals surface area contributed by atoms with Gasteiger partial charge in [-0.2, -0.15) is 0 Å². The van der Waals surface area contributed by atoms with Crippen molar-refractivity contribution in [3.05, 3.63) is 41.3 Å². The Morgan fingerprint density at radius 1 is 1.46 bits per heavy atom. The third kappa shape index (κ3) is 2.93. The summed E-state index contributed by atoms with van der Waals surface area (Å²) in [5.74, 6) is -0.919. The average Bonchev–Trinajstić information content (AvgIpc) is 3.05. The van der Waals surface area contributed by atoms with E-state index in [1.165, 1.54) is 0 Å². The van der Waals surface area contributed by atoms with E-state index in [-0.39, 0.29) is 12.6 Å². The van der Waals surface area contributed by atoms with Crippen molar-refractivity contribution in [2.75, 3.05) is 29.4 Å². The van der Waals surface area contributed by atoms with Crippen LogP contribution in [0.25, 0.3) is 11.0 Å². The van der Waals surface area contributed by atoms with Crippen LogP contribution in [0.1, 0.15) is 12.8 Å². The van der Waals surface area contributed by atoms with E-state index in [2.05, 4.69) is 14.9 Å². The Labute approximate surface area is 155 Å². The second-order valence-electron chi connectivity index (χ2n) is 6.67. The van der Waals surface area contributed by atoms with Gasteiger partial charge >= 0.3 is 5.97 Å². The number of halogens is 1. The summed E-state index contributed by atoms with van der Waals surface area (Å²) in [6, 6.07) is 0.113. The van der Waals surface area contributed by atoms with Gasteiger partial charge in [-0.15, -0.1) is 0 Å². The van der Waals surface area contributed by atoms with Crippen molar-refractivity contribution in [2.24, 2.45) is 5.73 Å². The van der Waals surface area contributed by atoms with Crippen molar-refractivity contribution in [1.29, 1.82) is 0 Å². The van der Waals surface area contributed by atoms with Gasteiger partial charge in [-0.1, -0.05) is 11.6 Å². The van der Waals surface area contributed by atoms with Crippen molar-refractivity contribution in [3.63, 3.8) is 0 Å². The van der Waals surface area contributed by atoms with E-state index in [0.29, 0.717) is 10.6 Å². The number of carbonyl (C=O) groups is 1. The largest absolute Gasteiger partial charge is 0.478 e. The number of H-pyrrole nitrogens is 1. The minimum absolute atomic E-state index is 0.113. The maximum Gasteiger partial charge on any atom is 0.333 e. The molecule has 0 aromatic carbocycles. The van der Waals surface area contributed by atoms with Crippen molar-refractivity contribution in [3.8, 4) is 0 Å². The summed E-state index contributed by atoms with van der Waals surface area (Å²) in [6.07, 6.45) is 10.7. The number of fused-ring (bicyclic) bond motifs is 1. The molecular formula is C18H20ClN5O2. The molecule has 2 aliphatic heterocycles. The molecule has 1 saturated heterocycles. The highest BCUT2D eigenvalue weighted by atomic mass is 35.5. The number of carboxylic acids is 1. The molecule has 0 unspecified atom stereocenters. The molecule has 26 heavy (non-hydrogen) atoms. The zero-order chi connectivity index (χ0) is 18.3. The molecule has 7 nitrogen and oxygen atoms in total. The van der Waals surface area contributed by atoms with Gasteiger partial charge in [-0.05, 0) is 25.0 Å². The zero-order valence-corrected chi connectivity index (χ0v) is 14.9. The summed E-state index contributed by atoms with van der Waals surface area (Å²) in [5, 5.41) is 10.8. The molecule has 136 valence electrons. The van der Waals surface area contributed by atoms with E-state index in [1.54, 1.807) is 18.3 Å². The predicted octanol–water partition coefficient (Wildman–Crippen LogP) is 2.49. The minimum Gasteiger partial charge on any atom is -0.478 e. The molecule has 4 heterocycles. The van der Waals surface area contributed by atoms with Crippen LogP contribution in [-0.2, 0) is 4.79 Å². The normalized spacial score (nSPS) is 20.5. The fourth-order valence-corrected chi connectivity index (χ4v) is 3.91. The smallest absolute Gasteiger partial charge is 0.333 e. The van der Waals surface area contributed by atoms with E-state index in [0.717, 1.165) is 48.3 Å². The highest BCUT2D eigenvalue weighted by Crippen LogP contribution is 2.40. The topological polar surface area (TPSA) is 98.5 Å². The summed E-state index contributed by atoms with van der Waals surface area (Å²) in [6.45, 7) is 1.90. The minimum atomic E-state index is -0.919. The van der Waals surface area contributed by atoms with Gasteiger partial charge in [0.05, 0.1) is 40.1 Å². The molecule has 0 aliphatic carbocycles. The fraction of sp³-hybridized carbons (Fsp3) is 0.333. The van der Waals surface area contributed by atoms with Gasteiger partial charge in [-0.3, -0.25) is 0 Å². The molecule has 4 N–H and O–H groups in total. The van der Waals surface area contributed by atoms with Gasteiger partial charge in [0.1, 0.15) is 5.65 Å². The van der Waals surface area contributed by atoms with Crippen LogP contribution in [0, 0.1) is 0 Å². The van der Waals surface area contributed by atoms with E-state index in [1.807, 2.05) is 17.3 Å². The number of aliphatic carboxylic acids is 1. The van der Waals surface area contributed by atoms with E-state index >= 15 is 0 Å². The van der Waals surface area contributed by atoms with Crippen molar-refractivity contribution in [2.45, 2.75) is 18.9 Å². The number of rotatable bonds is 3. The Hall–Kier alpha value is -2.51. The number of nitrogens with zero attached hydrogens (tertiary/aromatic N) is 3. The Morgan fingerprint density at radius 3 is 3.08 bits per heavy atom. The van der Waals surface area contributed by atoms with E-state index < -0.39 is 5.97 Å². The molecule has 1 atom stereocenters. The molecule has 0 amide bonds. The second-order valence-corrected chi connectivity index (χ2v) is 7.07. The molecule has 0 spiro atoms. The maximum absolute atomic E-state index is 11.3. The van der Waals surface area contributed by atoms with E-state index in [4.69, 9.17) is 17.3 Å². The number of anilines is 2. The molecule has 0 radical (unpaired) electrons. The van der Waals surface area contributed by atoms with Crippen molar-refractivity contribution < 1.29 is 9.90 Å². The number of aromatic nitrogens is 2. The lowest BCUT2D eigenvalue weighted by Gasteiger charge is -2.34. The number of nitrogens with one attached hydrogen (secondary N) is 1. The molecule has 8 heteroatoms. The van der Waals surface area contributed by atoms with Gasteiger partial charge in [0.25, 0.3) is 0 Å². The number of piperidine rings is 1. The third-order valence-electron chi connectivity index (χ3n) is 4.87. The average molecular weight is 374 g/mol. The second kappa shape index (κ2) is 6.66. The lowest BCUT2D eigenvalue weighted by Crippen LogP contribution is -2.43. The Morgan fingerprint density at radius 2 is 2.31 bits per heavy atom. The third-order valence-corrected chi connectivity index (χ3v) is 5.15. The summed E-state index contributed by atoms with van der Waals surface area (Å²) in [7, 11) is 0. The lowest BCUT2D eigenvalue weighted by molar-refractivity contribution is -0.132. The standard InChI is InChI=1S/C18H20ClN5O2/c19-13-7-21-17-15(16(13)24-6-2-4-12(20)10-24)14(8-22-17)23-5-1-3-11(9-23)18(25)26/h1,3,5,7-8,12H,2,4,6,9-10,20H2,(H,21,22)(H,25,26)/t12-/m1/s1. The maximum atomic E-state index is 11.3. The number of pyridine rings is 1. The molecule has 2 aromatic rings. The van der Waals surface area contributed by atoms with Crippen molar-refractivity contribution in [1.82, 2.24) is 9.97 Å². The highest BCUT2D eigenvalue weighted by Gasteiger charge is 2.26. The summed E-state index contributed by atoms with van der Waals surface area (Å²) >= 11 is 6.53. The summed E-state index contributed by atoms with van der Waals surface area (Å²) < 4.78 is 0. The van der Waals surface area contributed by atoms with Gasteiger partial charge in [0, 0.05) is 31.5 Å². The van der Waals surface area contributed by atoms with Crippen molar-refractivity contribution >= 4 is 40.0 Å². The van der Waals surface area contributed by atoms with Crippen LogP contribution in [0.2, 0.25) is 5.02 Å². The summed E-state index contributed by atoms with van der Waals surface area (Å²) in [4.78, 5) is 23.0. The number of allylic oxidation sites excluding steroid dienone is 2. The predicted molar refractivity (Wildman–Crippen MR) is 103 cm³/mol. The van der Waals surface area contributed by atoms with Gasteiger partial charge in [0.2, 0.25) is 0 Å². The van der Waals surface area contributed by atoms with Crippen LogP contribution >= 0.6 is 11.6 Å². The fourth-order valence-electron chi connectivity index (χ4n) is 3.64. The SMILES string of the molecule is N[C@@H]1CCCN(c2c(Cl)cnc3[nH]cc(N4C=CC=C(C(=O)O)C4)c23)C1. The molecular weight excluding hydrogens is 354 g/mol. The quantitative estimate of drug-likeness (QED) is 0.764. The molecule has 0 bridgehead atoms. The Kier molecular flexibility index (Phi) is 4.34. The van der Waals surface area contributed by atoms with Crippen LogP contribution in [-0.4, -0.2) is 46.7 Å². The number of hydrogen-bond acceptors (Lipinski definition) is 5. The number of carboxylic acid groups (broad SMARTS) is 1. The monoisotopic (exact) mass is 373 g/mol. The molecule has 0 saturated carbocycles. The van der Waals surface area contributed by atoms with Gasteiger partial charge in [0.15, 0.2) is 0 Å². The van der Waals surface area contributed by atoms with Crippen LogP contribution in [0.5, 0.6) is 0 Å². The summed E-state index contributed by atoms with van der Waals surface area (Å²) in [5.41, 5.74) is 8.97. The van der Waals surface area contributed by atoms with Crippen LogP contribution in [0.4, 0.5) is 11.4 Å². The van der Waals surface area contributed by atoms with E-state index in [9.17, 15) is 9.90 Å². The Bertz CT molecular complexity index is 920. The number of hydrogen-bond donors (Lipinski definition) is 3. The molecule has 2 aliphatic rings. The van der Waals surface area contributed by atoms with Crippen LogP contribution in [0.15, 0.2) is 36.3 Å². The first-order valence-electron chi connectivity index (χ1n) is 8.58. The molecule has 1 fully saturated rings. The van der Waals surface area contributed by atoms with Crippen LogP contribution in [0.3, 0.4) is 0 Å². The molecule has 4 rings (SSSR count). The number of aromatic amines is 1. The van der Waals surface area contributed by atoms with Crippen LogP contribution < -0.4 is 15.5 Å². The first-order valence-corrected chi connectivity index (χ1v) is 8.96. The number of nitrogens with two attached hydrogens (primary N) is 1. The van der Waals surface area contributed by atoms with Gasteiger partial charge in [-0.25, -0.2) is 9.78 Å². The first kappa shape index (κ1) is 16.9.